The average molecular weight is 493 g/mol. The zero-order valence-corrected chi connectivity index (χ0v) is 24.2. The van der Waals surface area contributed by atoms with Gasteiger partial charge in [0.15, 0.2) is 5.78 Å². The van der Waals surface area contributed by atoms with Crippen molar-refractivity contribution in [3.05, 3.63) is 23.3 Å². The Labute approximate surface area is 219 Å². The number of aliphatic hydroxyl groups excluding tert-OH is 1. The first-order valence-corrected chi connectivity index (χ1v) is 14.3. The van der Waals surface area contributed by atoms with Crippen LogP contribution in [0.15, 0.2) is 23.3 Å². The first-order chi connectivity index (χ1) is 16.5. The van der Waals surface area contributed by atoms with Crippen LogP contribution in [0.4, 0.5) is 0 Å². The molecule has 3 unspecified atom stereocenters. The number of hydrogen-bond acceptors (Lipinski definition) is 4. The van der Waals surface area contributed by atoms with E-state index in [1.807, 2.05) is 12.2 Å². The standard InChI is InChI=1S/C32H48N2O2/c1-27(2)12-14-32(34(8)9)15-13-31(7)25(21(32)18-27)22(35)16-24-29(5)17-20(19-33)26(36)28(3,4)23(29)10-11-30(24,31)6/h16-17,21,23,25-26,36H,10-15,18H2,1-9H3/t21?,23-,25?,26?,29-,30+,31+,32-/m0/s1. The fourth-order valence-electron chi connectivity index (χ4n) is 10.6. The molecule has 3 fully saturated rings. The van der Waals surface area contributed by atoms with Crippen molar-refractivity contribution in [1.29, 1.82) is 5.26 Å². The first-order valence-electron chi connectivity index (χ1n) is 14.3. The molecule has 0 radical (unpaired) electrons. The third-order valence-corrected chi connectivity index (χ3v) is 12.9. The highest BCUT2D eigenvalue weighted by Crippen LogP contribution is 2.74. The maximum absolute atomic E-state index is 14.4. The molecular formula is C32H48N2O2. The normalized spacial score (nSPS) is 49.0. The van der Waals surface area contributed by atoms with E-state index in [4.69, 9.17) is 0 Å². The lowest BCUT2D eigenvalue weighted by Gasteiger charge is -2.70. The van der Waals surface area contributed by atoms with Gasteiger partial charge in [-0.3, -0.25) is 4.79 Å². The highest BCUT2D eigenvalue weighted by atomic mass is 16.3. The second kappa shape index (κ2) is 7.57. The lowest BCUT2D eigenvalue weighted by Crippen LogP contribution is -2.68. The Balaban J connectivity index is 1.70. The molecule has 0 amide bonds. The predicted molar refractivity (Wildman–Crippen MR) is 144 cm³/mol. The predicted octanol–water partition coefficient (Wildman–Crippen LogP) is 6.31. The molecule has 4 heteroatoms. The number of ketones is 1. The van der Waals surface area contributed by atoms with Gasteiger partial charge >= 0.3 is 0 Å². The number of hydrogen-bond donors (Lipinski definition) is 1. The molecule has 4 nitrogen and oxygen atoms in total. The molecule has 3 saturated carbocycles. The molecule has 0 spiro atoms. The summed E-state index contributed by atoms with van der Waals surface area (Å²) in [6.07, 6.45) is 11.1. The van der Waals surface area contributed by atoms with Crippen LogP contribution in [-0.2, 0) is 4.79 Å². The molecule has 0 bridgehead atoms. The van der Waals surface area contributed by atoms with Crippen LogP contribution in [0.5, 0.6) is 0 Å². The molecule has 5 aliphatic carbocycles. The average Bonchev–Trinajstić information content (AvgIpc) is 2.77. The van der Waals surface area contributed by atoms with Crippen LogP contribution >= 0.6 is 0 Å². The van der Waals surface area contributed by atoms with Gasteiger partial charge in [-0.25, -0.2) is 0 Å². The number of fused-ring (bicyclic) bond motifs is 7. The smallest absolute Gasteiger partial charge is 0.159 e. The molecule has 5 rings (SSSR count). The first kappa shape index (κ1) is 26.2. The van der Waals surface area contributed by atoms with Crippen LogP contribution in [0.2, 0.25) is 0 Å². The van der Waals surface area contributed by atoms with E-state index in [0.29, 0.717) is 17.3 Å². The van der Waals surface area contributed by atoms with Gasteiger partial charge in [-0.2, -0.15) is 5.26 Å². The Kier molecular flexibility index (Phi) is 5.50. The van der Waals surface area contributed by atoms with E-state index < -0.39 is 16.9 Å². The third-order valence-electron chi connectivity index (χ3n) is 12.9. The summed E-state index contributed by atoms with van der Waals surface area (Å²) >= 11 is 0. The molecule has 0 saturated heterocycles. The summed E-state index contributed by atoms with van der Waals surface area (Å²) in [4.78, 5) is 16.9. The van der Waals surface area contributed by atoms with Crippen molar-refractivity contribution in [1.82, 2.24) is 4.90 Å². The summed E-state index contributed by atoms with van der Waals surface area (Å²) < 4.78 is 0. The van der Waals surface area contributed by atoms with E-state index in [2.05, 4.69) is 73.5 Å². The van der Waals surface area contributed by atoms with Gasteiger partial charge in [0, 0.05) is 16.9 Å². The molecule has 1 N–H and O–H groups in total. The fraction of sp³-hybridized carbons (Fsp3) is 0.812. The van der Waals surface area contributed by atoms with Gasteiger partial charge in [0.05, 0.1) is 17.7 Å². The summed E-state index contributed by atoms with van der Waals surface area (Å²) in [7, 11) is 4.47. The van der Waals surface area contributed by atoms with Crippen LogP contribution in [0, 0.1) is 56.2 Å². The lowest BCUT2D eigenvalue weighted by atomic mass is 9.35. The number of carbonyl (C=O) groups is 1. The summed E-state index contributed by atoms with van der Waals surface area (Å²) in [6, 6.07) is 2.31. The van der Waals surface area contributed by atoms with E-state index in [9.17, 15) is 15.2 Å². The zero-order valence-electron chi connectivity index (χ0n) is 24.2. The van der Waals surface area contributed by atoms with Crippen molar-refractivity contribution >= 4 is 5.78 Å². The van der Waals surface area contributed by atoms with Crippen molar-refractivity contribution in [3.63, 3.8) is 0 Å². The molecule has 198 valence electrons. The maximum atomic E-state index is 14.4. The largest absolute Gasteiger partial charge is 0.387 e. The highest BCUT2D eigenvalue weighted by Gasteiger charge is 2.70. The second-order valence-corrected chi connectivity index (χ2v) is 15.5. The SMILES string of the molecule is CN(C)[C@]12CCC(C)(C)CC1C1C(=O)C=C3[C@@]4(C)C=C(C#N)C(O)C(C)(C)[C@@H]4CC[C@@]3(C)[C@]1(C)CC2. The monoisotopic (exact) mass is 492 g/mol. The Bertz CT molecular complexity index is 1090. The van der Waals surface area contributed by atoms with Gasteiger partial charge in [0.25, 0.3) is 0 Å². The van der Waals surface area contributed by atoms with E-state index in [0.717, 1.165) is 32.1 Å². The van der Waals surface area contributed by atoms with Gasteiger partial charge in [-0.1, -0.05) is 60.1 Å². The Hall–Kier alpha value is -1.44. The van der Waals surface area contributed by atoms with E-state index in [1.165, 1.54) is 18.4 Å². The molecule has 0 heterocycles. The van der Waals surface area contributed by atoms with Crippen molar-refractivity contribution in [3.8, 4) is 6.07 Å². The van der Waals surface area contributed by atoms with Crippen molar-refractivity contribution in [2.24, 2.45) is 44.8 Å². The minimum atomic E-state index is -0.756. The quantitative estimate of drug-likeness (QED) is 0.466. The van der Waals surface area contributed by atoms with Gasteiger partial charge in [-0.05, 0) is 98.6 Å². The Morgan fingerprint density at radius 1 is 1.00 bits per heavy atom. The molecule has 0 aromatic rings. The van der Waals surface area contributed by atoms with Crippen LogP contribution in [-0.4, -0.2) is 41.5 Å². The van der Waals surface area contributed by atoms with E-state index in [-0.39, 0.29) is 33.6 Å². The molecule has 0 aromatic heterocycles. The van der Waals surface area contributed by atoms with Crippen molar-refractivity contribution < 1.29 is 9.90 Å². The number of nitriles is 1. The van der Waals surface area contributed by atoms with E-state index >= 15 is 0 Å². The van der Waals surface area contributed by atoms with Crippen molar-refractivity contribution in [2.45, 2.75) is 105 Å². The fourth-order valence-corrected chi connectivity index (χ4v) is 10.6. The van der Waals surface area contributed by atoms with Crippen LogP contribution in [0.3, 0.4) is 0 Å². The van der Waals surface area contributed by atoms with Crippen LogP contribution < -0.4 is 0 Å². The second-order valence-electron chi connectivity index (χ2n) is 15.5. The van der Waals surface area contributed by atoms with Gasteiger partial charge < -0.3 is 10.0 Å². The van der Waals surface area contributed by atoms with E-state index in [1.54, 1.807) is 0 Å². The minimum absolute atomic E-state index is 0.0312. The number of allylic oxidation sites excluding steroid dienone is 3. The summed E-state index contributed by atoms with van der Waals surface area (Å²) in [6.45, 7) is 16.1. The highest BCUT2D eigenvalue weighted by molar-refractivity contribution is 5.95. The molecule has 36 heavy (non-hydrogen) atoms. The third kappa shape index (κ3) is 3.02. The number of carbonyl (C=O) groups excluding carboxylic acids is 1. The molecule has 8 atom stereocenters. The Morgan fingerprint density at radius 3 is 2.25 bits per heavy atom. The number of aliphatic hydroxyl groups is 1. The minimum Gasteiger partial charge on any atom is -0.387 e. The topological polar surface area (TPSA) is 64.3 Å². The molecule has 5 aliphatic rings. The van der Waals surface area contributed by atoms with Gasteiger partial charge in [0.2, 0.25) is 0 Å². The van der Waals surface area contributed by atoms with Crippen LogP contribution in [0.1, 0.15) is 93.4 Å². The lowest BCUT2D eigenvalue weighted by molar-refractivity contribution is -0.174. The molecular weight excluding hydrogens is 444 g/mol. The molecule has 0 aromatic carbocycles. The molecule has 0 aliphatic heterocycles. The van der Waals surface area contributed by atoms with Gasteiger partial charge in [0.1, 0.15) is 0 Å². The number of nitrogens with zero attached hydrogens (tertiary/aromatic N) is 2. The maximum Gasteiger partial charge on any atom is 0.159 e. The zero-order chi connectivity index (χ0) is 26.7. The summed E-state index contributed by atoms with van der Waals surface area (Å²) in [5.74, 6) is 0.903. The summed E-state index contributed by atoms with van der Waals surface area (Å²) in [5.41, 5.74) is 1.02. The van der Waals surface area contributed by atoms with Crippen LogP contribution in [0.25, 0.3) is 0 Å². The number of rotatable bonds is 1. The van der Waals surface area contributed by atoms with Crippen molar-refractivity contribution in [2.75, 3.05) is 14.1 Å². The van der Waals surface area contributed by atoms with Gasteiger partial charge in [-0.15, -0.1) is 0 Å². The Morgan fingerprint density at radius 2 is 1.64 bits per heavy atom. The summed E-state index contributed by atoms with van der Waals surface area (Å²) in [5, 5.41) is 21.0.